The van der Waals surface area contributed by atoms with Crippen molar-refractivity contribution in [2.75, 3.05) is 0 Å². The maximum Gasteiger partial charge on any atom is 0.339 e. The van der Waals surface area contributed by atoms with Crippen molar-refractivity contribution in [3.05, 3.63) is 59.2 Å². The van der Waals surface area contributed by atoms with Crippen LogP contribution >= 0.6 is 0 Å². The van der Waals surface area contributed by atoms with E-state index in [0.717, 1.165) is 6.07 Å². The lowest BCUT2D eigenvalue weighted by Gasteiger charge is -2.08. The Kier molecular flexibility index (Phi) is 3.70. The molecule has 5 nitrogen and oxygen atoms in total. The van der Waals surface area contributed by atoms with Crippen molar-refractivity contribution in [2.24, 2.45) is 0 Å². The predicted molar refractivity (Wildman–Crippen MR) is 71.2 cm³/mol. The molecule has 0 heterocycles. The van der Waals surface area contributed by atoms with Crippen molar-refractivity contribution >= 4 is 11.8 Å². The molecule has 0 fully saturated rings. The second-order valence-electron chi connectivity index (χ2n) is 4.24. The van der Waals surface area contributed by atoms with Gasteiger partial charge >= 0.3 is 5.97 Å². The Morgan fingerprint density at radius 1 is 0.900 bits per heavy atom. The van der Waals surface area contributed by atoms with Crippen LogP contribution in [0, 0.1) is 0 Å². The van der Waals surface area contributed by atoms with E-state index in [0.29, 0.717) is 5.56 Å². The summed E-state index contributed by atoms with van der Waals surface area (Å²) in [6, 6.07) is 11.0. The van der Waals surface area contributed by atoms with Crippen molar-refractivity contribution in [1.29, 1.82) is 0 Å². The van der Waals surface area contributed by atoms with Gasteiger partial charge in [0.15, 0.2) is 17.3 Å². The SMILES string of the molecule is O=C(Cc1ccc(C(=O)O)c(O)c1O)c1ccccc1. The average Bonchev–Trinajstić information content (AvgIpc) is 2.44. The topological polar surface area (TPSA) is 94.8 Å². The summed E-state index contributed by atoms with van der Waals surface area (Å²) in [4.78, 5) is 22.8. The van der Waals surface area contributed by atoms with E-state index >= 15 is 0 Å². The fraction of sp³-hybridized carbons (Fsp3) is 0.0667. The number of aromatic hydroxyl groups is 2. The second-order valence-corrected chi connectivity index (χ2v) is 4.24. The highest BCUT2D eigenvalue weighted by atomic mass is 16.4. The van der Waals surface area contributed by atoms with Gasteiger partial charge in [0, 0.05) is 17.5 Å². The van der Waals surface area contributed by atoms with Crippen LogP contribution in [0.2, 0.25) is 0 Å². The molecule has 2 aromatic rings. The summed E-state index contributed by atoms with van der Waals surface area (Å²) in [5.74, 6) is -2.88. The summed E-state index contributed by atoms with van der Waals surface area (Å²) in [5, 5.41) is 28.2. The smallest absolute Gasteiger partial charge is 0.339 e. The molecule has 2 rings (SSSR count). The summed E-state index contributed by atoms with van der Waals surface area (Å²) in [5.41, 5.74) is 0.258. The number of carboxylic acids is 1. The molecule has 0 aliphatic carbocycles. The molecule has 0 unspecified atom stereocenters. The monoisotopic (exact) mass is 272 g/mol. The first-order chi connectivity index (χ1) is 9.50. The van der Waals surface area contributed by atoms with Crippen LogP contribution in [-0.2, 0) is 6.42 Å². The zero-order valence-electron chi connectivity index (χ0n) is 10.4. The molecule has 0 amide bonds. The quantitative estimate of drug-likeness (QED) is 0.586. The minimum absolute atomic E-state index is 0.122. The van der Waals surface area contributed by atoms with Crippen molar-refractivity contribution in [3.8, 4) is 11.5 Å². The Bertz CT molecular complexity index is 661. The van der Waals surface area contributed by atoms with Gasteiger partial charge in [0.25, 0.3) is 0 Å². The van der Waals surface area contributed by atoms with E-state index in [2.05, 4.69) is 0 Å². The van der Waals surface area contributed by atoms with Crippen LogP contribution in [0.15, 0.2) is 42.5 Å². The number of hydrogen-bond acceptors (Lipinski definition) is 4. The fourth-order valence-corrected chi connectivity index (χ4v) is 1.84. The zero-order valence-corrected chi connectivity index (χ0v) is 10.4. The first kappa shape index (κ1) is 13.6. The van der Waals surface area contributed by atoms with Gasteiger partial charge in [-0.05, 0) is 6.07 Å². The van der Waals surface area contributed by atoms with E-state index in [9.17, 15) is 19.8 Å². The van der Waals surface area contributed by atoms with Gasteiger partial charge in [0.05, 0.1) is 0 Å². The zero-order chi connectivity index (χ0) is 14.7. The van der Waals surface area contributed by atoms with Crippen LogP contribution in [0.25, 0.3) is 0 Å². The molecule has 2 aromatic carbocycles. The van der Waals surface area contributed by atoms with Crippen LogP contribution in [0.1, 0.15) is 26.3 Å². The normalized spacial score (nSPS) is 10.2. The van der Waals surface area contributed by atoms with Crippen LogP contribution in [0.4, 0.5) is 0 Å². The lowest BCUT2D eigenvalue weighted by atomic mass is 10.0. The molecule has 20 heavy (non-hydrogen) atoms. The average molecular weight is 272 g/mol. The van der Waals surface area contributed by atoms with E-state index in [1.165, 1.54) is 6.07 Å². The number of carboxylic acid groups (broad SMARTS) is 1. The van der Waals surface area contributed by atoms with Crippen molar-refractivity contribution in [2.45, 2.75) is 6.42 Å². The summed E-state index contributed by atoms with van der Waals surface area (Å²) in [6.45, 7) is 0. The molecule has 0 aliphatic rings. The summed E-state index contributed by atoms with van der Waals surface area (Å²) < 4.78 is 0. The van der Waals surface area contributed by atoms with Gasteiger partial charge in [-0.1, -0.05) is 36.4 Å². The maximum atomic E-state index is 12.0. The highest BCUT2D eigenvalue weighted by molar-refractivity contribution is 5.98. The molecule has 3 N–H and O–H groups in total. The predicted octanol–water partition coefficient (Wildman–Crippen LogP) is 2.22. The molecule has 102 valence electrons. The lowest BCUT2D eigenvalue weighted by Crippen LogP contribution is -2.05. The summed E-state index contributed by atoms with van der Waals surface area (Å²) in [7, 11) is 0. The number of Topliss-reactive ketones (excluding diaryl/α,β-unsaturated/α-hetero) is 1. The highest BCUT2D eigenvalue weighted by Gasteiger charge is 2.18. The number of phenolic OH excluding ortho intramolecular Hbond substituents is 1. The molecule has 0 aliphatic heterocycles. The Labute approximate surface area is 114 Å². The lowest BCUT2D eigenvalue weighted by molar-refractivity contribution is 0.0693. The molecule has 0 saturated heterocycles. The number of rotatable bonds is 4. The minimum atomic E-state index is -1.35. The van der Waals surface area contributed by atoms with Gasteiger partial charge in [-0.15, -0.1) is 0 Å². The fourth-order valence-electron chi connectivity index (χ4n) is 1.84. The molecular weight excluding hydrogens is 260 g/mol. The van der Waals surface area contributed by atoms with Gasteiger partial charge in [-0.25, -0.2) is 4.79 Å². The first-order valence-electron chi connectivity index (χ1n) is 5.86. The molecule has 5 heteroatoms. The van der Waals surface area contributed by atoms with Gasteiger partial charge < -0.3 is 15.3 Å². The maximum absolute atomic E-state index is 12.0. The van der Waals surface area contributed by atoms with Crippen LogP contribution in [0.5, 0.6) is 11.5 Å². The highest BCUT2D eigenvalue weighted by Crippen LogP contribution is 2.33. The Balaban J connectivity index is 2.29. The number of aromatic carboxylic acids is 1. The van der Waals surface area contributed by atoms with Gasteiger partial charge in [0.1, 0.15) is 5.56 Å². The Morgan fingerprint density at radius 2 is 1.55 bits per heavy atom. The minimum Gasteiger partial charge on any atom is -0.504 e. The third-order valence-corrected chi connectivity index (χ3v) is 2.91. The van der Waals surface area contributed by atoms with E-state index in [4.69, 9.17) is 5.11 Å². The number of carbonyl (C=O) groups excluding carboxylic acids is 1. The van der Waals surface area contributed by atoms with Crippen LogP contribution in [-0.4, -0.2) is 27.1 Å². The van der Waals surface area contributed by atoms with Crippen LogP contribution < -0.4 is 0 Å². The van der Waals surface area contributed by atoms with Crippen molar-refractivity contribution in [1.82, 2.24) is 0 Å². The summed E-state index contributed by atoms with van der Waals surface area (Å²) >= 11 is 0. The molecule has 0 atom stereocenters. The molecule has 0 spiro atoms. The van der Waals surface area contributed by atoms with E-state index in [1.54, 1.807) is 30.3 Å². The van der Waals surface area contributed by atoms with E-state index < -0.39 is 23.0 Å². The summed E-state index contributed by atoms with van der Waals surface area (Å²) in [6.07, 6.45) is -0.122. The third kappa shape index (κ3) is 2.61. The van der Waals surface area contributed by atoms with Gasteiger partial charge in [-0.3, -0.25) is 4.79 Å². The van der Waals surface area contributed by atoms with Crippen molar-refractivity contribution < 1.29 is 24.9 Å². The Morgan fingerprint density at radius 3 is 2.15 bits per heavy atom. The molecule has 0 bridgehead atoms. The molecule has 0 radical (unpaired) electrons. The second kappa shape index (κ2) is 5.44. The first-order valence-corrected chi connectivity index (χ1v) is 5.86. The number of benzene rings is 2. The van der Waals surface area contributed by atoms with Gasteiger partial charge in [0.2, 0.25) is 0 Å². The number of phenols is 2. The third-order valence-electron chi connectivity index (χ3n) is 2.91. The number of carbonyl (C=O) groups is 2. The van der Waals surface area contributed by atoms with Gasteiger partial charge in [-0.2, -0.15) is 0 Å². The molecule has 0 saturated carbocycles. The van der Waals surface area contributed by atoms with Crippen molar-refractivity contribution in [3.63, 3.8) is 0 Å². The largest absolute Gasteiger partial charge is 0.504 e. The standard InChI is InChI=1S/C15H12O5/c16-12(9-4-2-1-3-5-9)8-10-6-7-11(15(19)20)14(18)13(10)17/h1-7,17-18H,8H2,(H,19,20). The van der Waals surface area contributed by atoms with E-state index in [-0.39, 0.29) is 17.8 Å². The number of hydrogen-bond donors (Lipinski definition) is 3. The van der Waals surface area contributed by atoms with Crippen LogP contribution in [0.3, 0.4) is 0 Å². The molecule has 0 aromatic heterocycles. The van der Waals surface area contributed by atoms with E-state index in [1.807, 2.05) is 0 Å². The number of ketones is 1. The molecular formula is C15H12O5. The Hall–Kier alpha value is -2.82.